The summed E-state index contributed by atoms with van der Waals surface area (Å²) < 4.78 is 0. The molecule has 0 aliphatic heterocycles. The molecule has 0 radical (unpaired) electrons. The van der Waals surface area contributed by atoms with Gasteiger partial charge in [-0.25, -0.2) is 0 Å². The van der Waals surface area contributed by atoms with E-state index >= 15 is 0 Å². The molecule has 31 heavy (non-hydrogen) atoms. The summed E-state index contributed by atoms with van der Waals surface area (Å²) in [6, 6.07) is 15.2. The number of hydrogen-bond acceptors (Lipinski definition) is 3. The lowest BCUT2D eigenvalue weighted by molar-refractivity contribution is -0.139. The minimum absolute atomic E-state index is 0.0484. The van der Waals surface area contributed by atoms with E-state index in [2.05, 4.69) is 11.4 Å². The zero-order chi connectivity index (χ0) is 22.2. The summed E-state index contributed by atoms with van der Waals surface area (Å²) >= 11 is 7.42. The van der Waals surface area contributed by atoms with E-state index in [-0.39, 0.29) is 23.6 Å². The van der Waals surface area contributed by atoms with Crippen LogP contribution >= 0.6 is 23.4 Å². The van der Waals surface area contributed by atoms with E-state index in [0.29, 0.717) is 11.6 Å². The molecule has 0 aromatic heterocycles. The van der Waals surface area contributed by atoms with Gasteiger partial charge in [0.1, 0.15) is 6.04 Å². The number of hydrogen-bond donors (Lipinski definition) is 1. The lowest BCUT2D eigenvalue weighted by atomic mass is 9.95. The van der Waals surface area contributed by atoms with Crippen LogP contribution in [0.25, 0.3) is 0 Å². The summed E-state index contributed by atoms with van der Waals surface area (Å²) in [5, 5.41) is 3.85. The predicted molar refractivity (Wildman–Crippen MR) is 128 cm³/mol. The molecule has 1 unspecified atom stereocenters. The highest BCUT2D eigenvalue weighted by Gasteiger charge is 2.28. The van der Waals surface area contributed by atoms with Crippen molar-refractivity contribution < 1.29 is 9.59 Å². The first kappa shape index (κ1) is 23.7. The average Bonchev–Trinajstić information content (AvgIpc) is 2.77. The van der Waals surface area contributed by atoms with Crippen molar-refractivity contribution in [1.29, 1.82) is 0 Å². The highest BCUT2D eigenvalue weighted by atomic mass is 35.5. The number of rotatable bonds is 8. The molecule has 1 aliphatic rings. The van der Waals surface area contributed by atoms with E-state index in [1.165, 1.54) is 18.2 Å². The second-order valence-electron chi connectivity index (χ2n) is 8.27. The predicted octanol–water partition coefficient (Wildman–Crippen LogP) is 5.61. The Balaban J connectivity index is 1.70. The number of thioether (sulfide) groups is 1. The lowest BCUT2D eigenvalue weighted by Gasteiger charge is -2.31. The fraction of sp³-hybridized carbons (Fsp3) is 0.440. The van der Waals surface area contributed by atoms with E-state index in [9.17, 15) is 9.59 Å². The average molecular weight is 459 g/mol. The summed E-state index contributed by atoms with van der Waals surface area (Å²) in [6.07, 6.45) is 5.60. The zero-order valence-corrected chi connectivity index (χ0v) is 19.8. The number of carbonyl (C=O) groups is 2. The monoisotopic (exact) mass is 458 g/mol. The molecule has 2 aromatic carbocycles. The van der Waals surface area contributed by atoms with Crippen LogP contribution in [-0.4, -0.2) is 34.6 Å². The Morgan fingerprint density at radius 2 is 1.84 bits per heavy atom. The Morgan fingerprint density at radius 3 is 2.52 bits per heavy atom. The molecule has 0 bridgehead atoms. The molecule has 3 rings (SSSR count). The minimum Gasteiger partial charge on any atom is -0.352 e. The highest BCUT2D eigenvalue weighted by Crippen LogP contribution is 2.22. The maximum atomic E-state index is 13.2. The molecule has 6 heteroatoms. The Kier molecular flexibility index (Phi) is 8.85. The van der Waals surface area contributed by atoms with Crippen LogP contribution in [0.2, 0.25) is 5.02 Å². The van der Waals surface area contributed by atoms with Gasteiger partial charge in [0.25, 0.3) is 0 Å². The van der Waals surface area contributed by atoms with Crippen LogP contribution < -0.4 is 5.32 Å². The molecule has 2 amide bonds. The van der Waals surface area contributed by atoms with E-state index in [1.54, 1.807) is 4.90 Å². The quantitative estimate of drug-likeness (QED) is 0.523. The zero-order valence-electron chi connectivity index (χ0n) is 18.3. The molecule has 1 fully saturated rings. The molecule has 1 atom stereocenters. The first-order valence-corrected chi connectivity index (χ1v) is 12.3. The molecule has 0 saturated heterocycles. The largest absolute Gasteiger partial charge is 0.352 e. The van der Waals surface area contributed by atoms with Crippen molar-refractivity contribution in [1.82, 2.24) is 10.2 Å². The molecule has 0 spiro atoms. The van der Waals surface area contributed by atoms with Crippen molar-refractivity contribution in [3.05, 3.63) is 64.7 Å². The number of nitrogens with one attached hydrogen (secondary N) is 1. The van der Waals surface area contributed by atoms with E-state index in [1.807, 2.05) is 56.3 Å². The van der Waals surface area contributed by atoms with E-state index < -0.39 is 6.04 Å². The van der Waals surface area contributed by atoms with Gasteiger partial charge >= 0.3 is 0 Å². The van der Waals surface area contributed by atoms with Crippen molar-refractivity contribution in [2.45, 2.75) is 69.5 Å². The molecule has 1 N–H and O–H groups in total. The smallest absolute Gasteiger partial charge is 0.242 e. The van der Waals surface area contributed by atoms with Gasteiger partial charge in [-0.2, -0.15) is 0 Å². The van der Waals surface area contributed by atoms with Crippen LogP contribution in [-0.2, 0) is 16.1 Å². The van der Waals surface area contributed by atoms with Crippen LogP contribution in [0.5, 0.6) is 0 Å². The van der Waals surface area contributed by atoms with Gasteiger partial charge in [0, 0.05) is 22.5 Å². The molecular weight excluding hydrogens is 428 g/mol. The summed E-state index contributed by atoms with van der Waals surface area (Å²) in [5.41, 5.74) is 2.17. The standard InChI is InChI=1S/C25H31ClN2O2S/c1-18-7-6-8-20(15-18)16-28(19(2)25(30)27-22-9-4-3-5-10-22)24(29)17-31-23-13-11-21(26)12-14-23/h6-8,11-15,19,22H,3-5,9-10,16-17H2,1-2H3,(H,27,30). The third-order valence-electron chi connectivity index (χ3n) is 5.73. The number of nitrogens with zero attached hydrogens (tertiary/aromatic N) is 1. The first-order valence-electron chi connectivity index (χ1n) is 11.0. The van der Waals surface area contributed by atoms with Crippen molar-refractivity contribution in [2.75, 3.05) is 5.75 Å². The summed E-state index contributed by atoms with van der Waals surface area (Å²) in [7, 11) is 0. The molecule has 166 valence electrons. The third-order valence-corrected chi connectivity index (χ3v) is 6.98. The Labute approximate surface area is 194 Å². The van der Waals surface area contributed by atoms with Gasteiger partial charge in [0.05, 0.1) is 5.75 Å². The van der Waals surface area contributed by atoms with Crippen molar-refractivity contribution in [3.63, 3.8) is 0 Å². The second kappa shape index (κ2) is 11.6. The summed E-state index contributed by atoms with van der Waals surface area (Å²) in [6.45, 7) is 4.28. The van der Waals surface area contributed by atoms with Gasteiger partial charge in [-0.1, -0.05) is 60.7 Å². The molecule has 1 saturated carbocycles. The van der Waals surface area contributed by atoms with Crippen LogP contribution in [0.4, 0.5) is 0 Å². The Hall–Kier alpha value is -1.98. The van der Waals surface area contributed by atoms with Gasteiger partial charge in [0.15, 0.2) is 0 Å². The number of amides is 2. The van der Waals surface area contributed by atoms with Crippen LogP contribution in [0, 0.1) is 6.92 Å². The van der Waals surface area contributed by atoms with E-state index in [4.69, 9.17) is 11.6 Å². The summed E-state index contributed by atoms with van der Waals surface area (Å²) in [4.78, 5) is 28.9. The molecule has 2 aromatic rings. The fourth-order valence-electron chi connectivity index (χ4n) is 3.92. The Bertz CT molecular complexity index is 881. The Morgan fingerprint density at radius 1 is 1.13 bits per heavy atom. The third kappa shape index (κ3) is 7.29. The van der Waals surface area contributed by atoms with Crippen LogP contribution in [0.15, 0.2) is 53.4 Å². The maximum absolute atomic E-state index is 13.2. The van der Waals surface area contributed by atoms with Gasteiger partial charge in [0.2, 0.25) is 11.8 Å². The van der Waals surface area contributed by atoms with Gasteiger partial charge < -0.3 is 10.2 Å². The number of benzene rings is 2. The minimum atomic E-state index is -0.527. The number of carbonyl (C=O) groups excluding carboxylic acids is 2. The van der Waals surface area contributed by atoms with Crippen molar-refractivity contribution in [3.8, 4) is 0 Å². The van der Waals surface area contributed by atoms with Crippen molar-refractivity contribution in [2.24, 2.45) is 0 Å². The van der Waals surface area contributed by atoms with Gasteiger partial charge in [-0.3, -0.25) is 9.59 Å². The highest BCUT2D eigenvalue weighted by molar-refractivity contribution is 8.00. The molecule has 1 aliphatic carbocycles. The SMILES string of the molecule is Cc1cccc(CN(C(=O)CSc2ccc(Cl)cc2)C(C)C(=O)NC2CCCCC2)c1. The second-order valence-corrected chi connectivity index (χ2v) is 9.76. The van der Waals surface area contributed by atoms with Crippen LogP contribution in [0.3, 0.4) is 0 Å². The van der Waals surface area contributed by atoms with Crippen molar-refractivity contribution >= 4 is 35.2 Å². The lowest BCUT2D eigenvalue weighted by Crippen LogP contribution is -2.50. The molecule has 4 nitrogen and oxygen atoms in total. The van der Waals surface area contributed by atoms with Gasteiger partial charge in [-0.05, 0) is 56.5 Å². The van der Waals surface area contributed by atoms with E-state index in [0.717, 1.165) is 41.7 Å². The topological polar surface area (TPSA) is 49.4 Å². The van der Waals surface area contributed by atoms with Crippen LogP contribution in [0.1, 0.15) is 50.2 Å². The first-order chi connectivity index (χ1) is 14.9. The number of aryl methyl sites for hydroxylation is 1. The fourth-order valence-corrected chi connectivity index (χ4v) is 4.83. The summed E-state index contributed by atoms with van der Waals surface area (Å²) in [5.74, 6) is 0.159. The number of halogens is 1. The molecule has 0 heterocycles. The normalized spacial score (nSPS) is 15.3. The molecular formula is C25H31ClN2O2S. The maximum Gasteiger partial charge on any atom is 0.242 e. The van der Waals surface area contributed by atoms with Gasteiger partial charge in [-0.15, -0.1) is 11.8 Å².